The maximum Gasteiger partial charge on any atom is 0.146 e. The van der Waals surface area contributed by atoms with Crippen LogP contribution in [0.4, 0.5) is 5.82 Å². The minimum Gasteiger partial charge on any atom is -0.378 e. The summed E-state index contributed by atoms with van der Waals surface area (Å²) in [6.45, 7) is 1.43. The van der Waals surface area contributed by atoms with E-state index in [1.807, 2.05) is 6.07 Å². The average molecular weight is 309 g/mol. The number of aromatic nitrogens is 1. The lowest BCUT2D eigenvalue weighted by molar-refractivity contribution is 0.0251. The van der Waals surface area contributed by atoms with Gasteiger partial charge in [0.15, 0.2) is 0 Å². The van der Waals surface area contributed by atoms with E-state index in [2.05, 4.69) is 10.3 Å². The molecule has 0 spiro atoms. The minimum absolute atomic E-state index is 0.354. The maximum absolute atomic E-state index is 8.90. The van der Waals surface area contributed by atoms with Crippen LogP contribution in [0.15, 0.2) is 12.3 Å². The smallest absolute Gasteiger partial charge is 0.146 e. The molecule has 0 bridgehead atoms. The molecule has 0 atom stereocenters. The monoisotopic (exact) mass is 308 g/mol. The molecular weight excluding hydrogens is 288 g/mol. The molecule has 1 saturated carbocycles. The van der Waals surface area contributed by atoms with Crippen molar-refractivity contribution in [2.24, 2.45) is 5.73 Å². The minimum atomic E-state index is 0.354. The molecule has 1 aromatic heterocycles. The van der Waals surface area contributed by atoms with Crippen LogP contribution in [0, 0.1) is 11.3 Å². The first-order valence-corrected chi connectivity index (χ1v) is 7.74. The lowest BCUT2D eigenvalue weighted by Gasteiger charge is -2.26. The van der Waals surface area contributed by atoms with Gasteiger partial charge in [0.05, 0.1) is 11.7 Å². The van der Waals surface area contributed by atoms with E-state index in [0.717, 1.165) is 32.1 Å². The van der Waals surface area contributed by atoms with Gasteiger partial charge in [-0.1, -0.05) is 11.6 Å². The van der Waals surface area contributed by atoms with Gasteiger partial charge in [0.1, 0.15) is 16.9 Å². The SMILES string of the molecule is N#Cc1ccnc(NCCCOC2CCC(N)CC2)c1Cl. The van der Waals surface area contributed by atoms with Gasteiger partial charge in [0.2, 0.25) is 0 Å². The highest BCUT2D eigenvalue weighted by atomic mass is 35.5. The largest absolute Gasteiger partial charge is 0.378 e. The number of nitrogens with zero attached hydrogens (tertiary/aromatic N) is 2. The maximum atomic E-state index is 8.90. The Morgan fingerprint density at radius 1 is 1.43 bits per heavy atom. The van der Waals surface area contributed by atoms with E-state index in [-0.39, 0.29) is 0 Å². The van der Waals surface area contributed by atoms with Crippen LogP contribution in [-0.4, -0.2) is 30.3 Å². The van der Waals surface area contributed by atoms with E-state index in [1.165, 1.54) is 0 Å². The van der Waals surface area contributed by atoms with Gasteiger partial charge in [0.25, 0.3) is 0 Å². The van der Waals surface area contributed by atoms with Crippen molar-refractivity contribution in [3.63, 3.8) is 0 Å². The van der Waals surface area contributed by atoms with Crippen LogP contribution in [0.1, 0.15) is 37.7 Å². The summed E-state index contributed by atoms with van der Waals surface area (Å²) >= 11 is 6.07. The van der Waals surface area contributed by atoms with Gasteiger partial charge in [0, 0.05) is 25.4 Å². The molecule has 1 aromatic rings. The zero-order valence-electron chi connectivity index (χ0n) is 12.0. The van der Waals surface area contributed by atoms with Gasteiger partial charge >= 0.3 is 0 Å². The fourth-order valence-corrected chi connectivity index (χ4v) is 2.66. The Hall–Kier alpha value is -1.35. The first kappa shape index (κ1) is 16.0. The molecule has 1 heterocycles. The van der Waals surface area contributed by atoms with Gasteiger partial charge in [-0.2, -0.15) is 5.26 Å². The second-order valence-corrected chi connectivity index (χ2v) is 5.70. The van der Waals surface area contributed by atoms with Crippen molar-refractivity contribution in [3.05, 3.63) is 22.8 Å². The number of nitrogens with two attached hydrogens (primary N) is 1. The predicted molar refractivity (Wildman–Crippen MR) is 83.3 cm³/mol. The summed E-state index contributed by atoms with van der Waals surface area (Å²) in [6.07, 6.45) is 7.05. The third kappa shape index (κ3) is 4.85. The summed E-state index contributed by atoms with van der Waals surface area (Å²) in [5.74, 6) is 0.555. The molecule has 0 aromatic carbocycles. The zero-order chi connectivity index (χ0) is 15.1. The summed E-state index contributed by atoms with van der Waals surface area (Å²) in [6, 6.07) is 3.99. The standard InChI is InChI=1S/C15H21ClN4O/c16-14-11(10-17)6-8-20-15(14)19-7-1-9-21-13-4-2-12(18)3-5-13/h6,8,12-13H,1-5,7,9,18H2,(H,19,20). The molecule has 0 unspecified atom stereocenters. The van der Waals surface area contributed by atoms with Crippen LogP contribution in [0.3, 0.4) is 0 Å². The topological polar surface area (TPSA) is 84.0 Å². The Bertz CT molecular complexity index is 495. The van der Waals surface area contributed by atoms with Crippen molar-refractivity contribution in [2.45, 2.75) is 44.2 Å². The number of ether oxygens (including phenoxy) is 1. The van der Waals surface area contributed by atoms with E-state index in [4.69, 9.17) is 27.3 Å². The Labute approximate surface area is 130 Å². The number of halogens is 1. The summed E-state index contributed by atoms with van der Waals surface area (Å²) in [5, 5.41) is 12.4. The molecule has 21 heavy (non-hydrogen) atoms. The normalized spacial score (nSPS) is 21.8. The zero-order valence-corrected chi connectivity index (χ0v) is 12.8. The van der Waals surface area contributed by atoms with E-state index in [1.54, 1.807) is 12.3 Å². The van der Waals surface area contributed by atoms with E-state index >= 15 is 0 Å². The Morgan fingerprint density at radius 2 is 2.19 bits per heavy atom. The molecular formula is C15H21ClN4O. The van der Waals surface area contributed by atoms with Crippen LogP contribution in [-0.2, 0) is 4.74 Å². The van der Waals surface area contributed by atoms with Gasteiger partial charge in [-0.25, -0.2) is 4.98 Å². The van der Waals surface area contributed by atoms with Crippen LogP contribution in [0.25, 0.3) is 0 Å². The second kappa shape index (κ2) is 8.18. The Kier molecular flexibility index (Phi) is 6.24. The van der Waals surface area contributed by atoms with Crippen LogP contribution in [0.2, 0.25) is 5.02 Å². The molecule has 1 aliphatic carbocycles. The van der Waals surface area contributed by atoms with Crippen molar-refractivity contribution in [1.82, 2.24) is 4.98 Å². The molecule has 0 aliphatic heterocycles. The molecule has 1 fully saturated rings. The summed E-state index contributed by atoms with van der Waals surface area (Å²) in [7, 11) is 0. The lowest BCUT2D eigenvalue weighted by Crippen LogP contribution is -2.30. The predicted octanol–water partition coefficient (Wildman–Crippen LogP) is 2.70. The Balaban J connectivity index is 1.65. The number of hydrogen-bond acceptors (Lipinski definition) is 5. The third-order valence-corrected chi connectivity index (χ3v) is 4.08. The number of pyridine rings is 1. The van der Waals surface area contributed by atoms with Gasteiger partial charge in [-0.15, -0.1) is 0 Å². The quantitative estimate of drug-likeness (QED) is 0.789. The molecule has 5 nitrogen and oxygen atoms in total. The number of nitriles is 1. The molecule has 3 N–H and O–H groups in total. The first-order chi connectivity index (χ1) is 10.2. The van der Waals surface area contributed by atoms with E-state index < -0.39 is 0 Å². The second-order valence-electron chi connectivity index (χ2n) is 5.32. The molecule has 6 heteroatoms. The summed E-state index contributed by atoms with van der Waals surface area (Å²) in [4.78, 5) is 4.13. The van der Waals surface area contributed by atoms with Crippen LogP contribution in [0.5, 0.6) is 0 Å². The third-order valence-electron chi connectivity index (χ3n) is 3.70. The highest BCUT2D eigenvalue weighted by molar-refractivity contribution is 6.34. The van der Waals surface area contributed by atoms with Gasteiger partial charge in [-0.05, 0) is 38.2 Å². The van der Waals surface area contributed by atoms with Gasteiger partial charge < -0.3 is 15.8 Å². The fraction of sp³-hybridized carbons (Fsp3) is 0.600. The van der Waals surface area contributed by atoms with Crippen molar-refractivity contribution in [3.8, 4) is 6.07 Å². The average Bonchev–Trinajstić information content (AvgIpc) is 2.50. The highest BCUT2D eigenvalue weighted by Crippen LogP contribution is 2.23. The highest BCUT2D eigenvalue weighted by Gasteiger charge is 2.18. The van der Waals surface area contributed by atoms with Crippen LogP contribution >= 0.6 is 11.6 Å². The first-order valence-electron chi connectivity index (χ1n) is 7.36. The van der Waals surface area contributed by atoms with Crippen LogP contribution < -0.4 is 11.1 Å². The fourth-order valence-electron chi connectivity index (χ4n) is 2.44. The molecule has 0 saturated heterocycles. The molecule has 0 radical (unpaired) electrons. The van der Waals surface area contributed by atoms with Crippen molar-refractivity contribution >= 4 is 17.4 Å². The molecule has 114 valence electrons. The van der Waals surface area contributed by atoms with E-state index in [9.17, 15) is 0 Å². The van der Waals surface area contributed by atoms with Crippen molar-refractivity contribution < 1.29 is 4.74 Å². The summed E-state index contributed by atoms with van der Waals surface area (Å²) in [5.41, 5.74) is 6.30. The molecule has 2 rings (SSSR count). The number of nitrogens with one attached hydrogen (secondary N) is 1. The number of hydrogen-bond donors (Lipinski definition) is 2. The van der Waals surface area contributed by atoms with Gasteiger partial charge in [-0.3, -0.25) is 0 Å². The molecule has 1 aliphatic rings. The number of rotatable bonds is 6. The summed E-state index contributed by atoms with van der Waals surface area (Å²) < 4.78 is 5.84. The van der Waals surface area contributed by atoms with E-state index in [0.29, 0.717) is 41.7 Å². The lowest BCUT2D eigenvalue weighted by atomic mass is 9.94. The van der Waals surface area contributed by atoms with Crippen molar-refractivity contribution in [1.29, 1.82) is 5.26 Å². The number of anilines is 1. The van der Waals surface area contributed by atoms with Crippen molar-refractivity contribution in [2.75, 3.05) is 18.5 Å². The Morgan fingerprint density at radius 3 is 2.90 bits per heavy atom. The molecule has 0 amide bonds.